The van der Waals surface area contributed by atoms with Crippen molar-refractivity contribution in [3.8, 4) is 34.9 Å². The molecule has 0 aliphatic heterocycles. The van der Waals surface area contributed by atoms with Gasteiger partial charge in [0.2, 0.25) is 11.6 Å². The van der Waals surface area contributed by atoms with Crippen LogP contribution in [0.3, 0.4) is 0 Å². The van der Waals surface area contributed by atoms with Crippen LogP contribution in [0.2, 0.25) is 0 Å². The molecular formula is C23H21F2N7. The molecule has 162 valence electrons. The zero-order chi connectivity index (χ0) is 22.6. The highest BCUT2D eigenvalue weighted by atomic mass is 19.3. The lowest BCUT2D eigenvalue weighted by Gasteiger charge is -2.09. The van der Waals surface area contributed by atoms with Crippen LogP contribution >= 0.6 is 0 Å². The van der Waals surface area contributed by atoms with Crippen molar-refractivity contribution in [2.45, 2.75) is 38.7 Å². The number of halogens is 2. The number of nitrogens with one attached hydrogen (secondary N) is 1. The van der Waals surface area contributed by atoms with Crippen molar-refractivity contribution >= 4 is 0 Å². The van der Waals surface area contributed by atoms with Gasteiger partial charge in [-0.05, 0) is 21.9 Å². The smallest absolute Gasteiger partial charge is 0.245 e. The third-order valence-corrected chi connectivity index (χ3v) is 5.12. The lowest BCUT2D eigenvalue weighted by Crippen LogP contribution is -2.14. The average Bonchev–Trinajstić information content (AvgIpc) is 3.49. The fourth-order valence-electron chi connectivity index (χ4n) is 3.35. The van der Waals surface area contributed by atoms with E-state index >= 15 is 0 Å². The largest absolute Gasteiger partial charge is 0.308 e. The van der Waals surface area contributed by atoms with Gasteiger partial charge in [-0.25, -0.2) is 9.67 Å². The van der Waals surface area contributed by atoms with Crippen LogP contribution in [0.1, 0.15) is 37.0 Å². The molecule has 2 aromatic heterocycles. The molecule has 0 saturated heterocycles. The fourth-order valence-corrected chi connectivity index (χ4v) is 3.35. The Balaban J connectivity index is 1.61. The van der Waals surface area contributed by atoms with E-state index in [-0.39, 0.29) is 6.42 Å². The molecule has 0 amide bonds. The Morgan fingerprint density at radius 2 is 1.84 bits per heavy atom. The minimum absolute atomic E-state index is 0.319. The number of aromatic nitrogens is 7. The first-order chi connectivity index (χ1) is 15.5. The summed E-state index contributed by atoms with van der Waals surface area (Å²) in [6.45, 7) is 1.73. The van der Waals surface area contributed by atoms with Crippen molar-refractivity contribution in [1.29, 1.82) is 0 Å². The van der Waals surface area contributed by atoms with Crippen molar-refractivity contribution in [3.05, 3.63) is 65.7 Å². The fraction of sp³-hybridized carbons (Fsp3) is 0.261. The molecule has 1 N–H and O–H groups in total. The van der Waals surface area contributed by atoms with E-state index in [0.29, 0.717) is 31.0 Å². The second-order valence-corrected chi connectivity index (χ2v) is 7.25. The molecule has 4 rings (SSSR count). The first kappa shape index (κ1) is 21.3. The van der Waals surface area contributed by atoms with Crippen molar-refractivity contribution in [3.63, 3.8) is 0 Å². The number of alkyl halides is 2. The first-order valence-electron chi connectivity index (χ1n) is 10.2. The zero-order valence-corrected chi connectivity index (χ0v) is 17.5. The Hall–Kier alpha value is -3.93. The molecule has 7 nitrogen and oxygen atoms in total. The molecule has 0 unspecified atom stereocenters. The lowest BCUT2D eigenvalue weighted by atomic mass is 9.98. The van der Waals surface area contributed by atoms with Crippen molar-refractivity contribution in [2.75, 3.05) is 0 Å². The van der Waals surface area contributed by atoms with Crippen LogP contribution in [0.5, 0.6) is 0 Å². The maximum atomic E-state index is 14.1. The summed E-state index contributed by atoms with van der Waals surface area (Å²) in [6.07, 6.45) is 5.78. The number of H-pyrrole nitrogens is 1. The number of rotatable bonds is 8. The second kappa shape index (κ2) is 9.06. The standard InChI is InChI=1S/C23H21F2N7/c1-3-5-10-20-26-22(23(24,25)4-2)29-32(20)15-16-11-13-17(14-12-16)18-8-6-7-9-19(18)21-27-30-31-28-21/h1,6-9,11-14H,4-5,10,15H2,2H3,(H,27,28,30,31). The minimum Gasteiger partial charge on any atom is -0.245 e. The van der Waals surface area contributed by atoms with E-state index in [1.807, 2.05) is 48.5 Å². The Morgan fingerprint density at radius 3 is 2.50 bits per heavy atom. The second-order valence-electron chi connectivity index (χ2n) is 7.25. The van der Waals surface area contributed by atoms with E-state index in [0.717, 1.165) is 22.3 Å². The van der Waals surface area contributed by atoms with Crippen molar-refractivity contribution < 1.29 is 8.78 Å². The molecule has 2 aromatic carbocycles. The third-order valence-electron chi connectivity index (χ3n) is 5.12. The summed E-state index contributed by atoms with van der Waals surface area (Å²) in [7, 11) is 0. The molecule has 0 saturated carbocycles. The Bertz CT molecular complexity index is 1220. The van der Waals surface area contributed by atoms with Crippen LogP contribution in [-0.2, 0) is 18.9 Å². The predicted molar refractivity (Wildman–Crippen MR) is 116 cm³/mol. The van der Waals surface area contributed by atoms with E-state index in [9.17, 15) is 8.78 Å². The maximum absolute atomic E-state index is 14.1. The quantitative estimate of drug-likeness (QED) is 0.420. The van der Waals surface area contributed by atoms with E-state index in [1.54, 1.807) is 0 Å². The van der Waals surface area contributed by atoms with Crippen molar-refractivity contribution in [2.24, 2.45) is 0 Å². The Kier molecular flexibility index (Phi) is 6.03. The Labute approximate surface area is 183 Å². The predicted octanol–water partition coefficient (Wildman–Crippen LogP) is 4.24. The zero-order valence-electron chi connectivity index (χ0n) is 17.5. The highest BCUT2D eigenvalue weighted by Crippen LogP contribution is 2.31. The summed E-state index contributed by atoms with van der Waals surface area (Å²) in [5.74, 6) is -0.0396. The van der Waals surface area contributed by atoms with Crippen LogP contribution in [0.4, 0.5) is 8.78 Å². The van der Waals surface area contributed by atoms with Crippen LogP contribution in [0, 0.1) is 12.3 Å². The topological polar surface area (TPSA) is 85.2 Å². The molecule has 32 heavy (non-hydrogen) atoms. The number of aryl methyl sites for hydroxylation is 1. The van der Waals surface area contributed by atoms with Gasteiger partial charge in [-0.1, -0.05) is 55.5 Å². The van der Waals surface area contributed by atoms with Gasteiger partial charge < -0.3 is 0 Å². The number of terminal acetylenes is 1. The minimum atomic E-state index is -3.07. The van der Waals surface area contributed by atoms with Gasteiger partial charge in [0.05, 0.1) is 6.54 Å². The molecule has 0 bridgehead atoms. The van der Waals surface area contributed by atoms with Gasteiger partial charge >= 0.3 is 5.92 Å². The molecule has 0 spiro atoms. The van der Waals surface area contributed by atoms with E-state index < -0.39 is 11.7 Å². The van der Waals surface area contributed by atoms with Gasteiger partial charge in [-0.2, -0.15) is 14.0 Å². The summed E-state index contributed by atoms with van der Waals surface area (Å²) in [4.78, 5) is 4.08. The lowest BCUT2D eigenvalue weighted by molar-refractivity contribution is -0.0177. The molecule has 0 radical (unpaired) electrons. The summed E-state index contributed by atoms with van der Waals surface area (Å²) < 4.78 is 29.8. The van der Waals surface area contributed by atoms with Crippen molar-refractivity contribution in [1.82, 2.24) is 35.4 Å². The molecule has 0 aliphatic rings. The summed E-state index contributed by atoms with van der Waals surface area (Å²) in [5.41, 5.74) is 3.69. The van der Waals surface area contributed by atoms with Gasteiger partial charge in [0.15, 0.2) is 0 Å². The van der Waals surface area contributed by atoms with Gasteiger partial charge in [-0.15, -0.1) is 27.6 Å². The number of tetrazole rings is 1. The van der Waals surface area contributed by atoms with Gasteiger partial charge in [-0.3, -0.25) is 0 Å². The monoisotopic (exact) mass is 433 g/mol. The number of aromatic amines is 1. The number of nitrogens with zero attached hydrogens (tertiary/aromatic N) is 6. The first-order valence-corrected chi connectivity index (χ1v) is 10.2. The van der Waals surface area contributed by atoms with E-state index in [2.05, 4.69) is 36.6 Å². The Morgan fingerprint density at radius 1 is 1.09 bits per heavy atom. The number of hydrogen-bond donors (Lipinski definition) is 1. The van der Waals surface area contributed by atoms with Gasteiger partial charge in [0.25, 0.3) is 0 Å². The number of hydrogen-bond acceptors (Lipinski definition) is 5. The highest BCUT2D eigenvalue weighted by Gasteiger charge is 2.35. The van der Waals surface area contributed by atoms with Gasteiger partial charge in [0, 0.05) is 24.8 Å². The van der Waals surface area contributed by atoms with Crippen LogP contribution in [0.25, 0.3) is 22.5 Å². The highest BCUT2D eigenvalue weighted by molar-refractivity contribution is 5.80. The molecular weight excluding hydrogens is 412 g/mol. The van der Waals surface area contributed by atoms with Crippen LogP contribution in [-0.4, -0.2) is 35.4 Å². The van der Waals surface area contributed by atoms with Crippen LogP contribution < -0.4 is 0 Å². The summed E-state index contributed by atoms with van der Waals surface area (Å²) >= 11 is 0. The van der Waals surface area contributed by atoms with Crippen LogP contribution in [0.15, 0.2) is 48.5 Å². The maximum Gasteiger partial charge on any atom is 0.308 e. The molecule has 0 fully saturated rings. The van der Waals surface area contributed by atoms with Gasteiger partial charge in [0.1, 0.15) is 5.82 Å². The molecule has 2 heterocycles. The van der Waals surface area contributed by atoms with E-state index in [1.165, 1.54) is 11.6 Å². The molecule has 0 atom stereocenters. The normalized spacial score (nSPS) is 11.4. The average molecular weight is 433 g/mol. The third kappa shape index (κ3) is 4.39. The summed E-state index contributed by atoms with van der Waals surface area (Å²) in [5, 5.41) is 18.3. The van der Waals surface area contributed by atoms with E-state index in [4.69, 9.17) is 6.42 Å². The summed E-state index contributed by atoms with van der Waals surface area (Å²) in [6, 6.07) is 15.6. The molecule has 0 aliphatic carbocycles. The SMILES string of the molecule is C#CCCc1nc(C(F)(F)CC)nn1Cc1ccc(-c2ccccc2-c2nn[nH]n2)cc1. The number of benzene rings is 2. The molecule has 9 heteroatoms. The molecule has 4 aromatic rings.